The largest absolute Gasteiger partial charge is 0.465 e. The van der Waals surface area contributed by atoms with Crippen LogP contribution in [0.2, 0.25) is 0 Å². The molecule has 160 valence electrons. The van der Waals surface area contributed by atoms with Gasteiger partial charge in [0.15, 0.2) is 0 Å². The Hall–Kier alpha value is -2.14. The molecule has 2 saturated carbocycles. The summed E-state index contributed by atoms with van der Waals surface area (Å²) in [5.74, 6) is 2.24. The Morgan fingerprint density at radius 1 is 1.23 bits per heavy atom. The fraction of sp³-hybridized carbons (Fsp3) is 0.600. The Morgan fingerprint density at radius 2 is 2.03 bits per heavy atom. The number of ether oxygens (including phenoxy) is 1. The molecule has 1 amide bonds. The molecule has 5 rings (SSSR count). The minimum Gasteiger partial charge on any atom is -0.465 e. The summed E-state index contributed by atoms with van der Waals surface area (Å²) in [6.07, 6.45) is 11.7. The van der Waals surface area contributed by atoms with Gasteiger partial charge in [0.1, 0.15) is 0 Å². The molecule has 1 N–H and O–H groups in total. The van der Waals surface area contributed by atoms with Crippen LogP contribution in [0.15, 0.2) is 36.4 Å². The van der Waals surface area contributed by atoms with E-state index < -0.39 is 0 Å². The number of rotatable bonds is 8. The molecule has 3 fully saturated rings. The maximum Gasteiger partial charge on any atom is 0.337 e. The van der Waals surface area contributed by atoms with Gasteiger partial charge in [-0.25, -0.2) is 4.79 Å². The van der Waals surface area contributed by atoms with Gasteiger partial charge in [-0.3, -0.25) is 4.79 Å². The number of methoxy groups -OCH3 is 1. The van der Waals surface area contributed by atoms with Crippen molar-refractivity contribution in [1.29, 1.82) is 0 Å². The van der Waals surface area contributed by atoms with E-state index in [0.717, 1.165) is 49.9 Å². The number of hydrogen-bond acceptors (Lipinski definition) is 4. The molecule has 0 radical (unpaired) electrons. The lowest BCUT2D eigenvalue weighted by Crippen LogP contribution is -2.39. The number of allylic oxidation sites excluding steroid dienone is 2. The van der Waals surface area contributed by atoms with Crippen LogP contribution in [0, 0.1) is 23.2 Å². The molecule has 1 heterocycles. The lowest BCUT2D eigenvalue weighted by molar-refractivity contribution is -0.129. The van der Waals surface area contributed by atoms with E-state index in [9.17, 15) is 9.59 Å². The van der Waals surface area contributed by atoms with Crippen LogP contribution in [0.1, 0.15) is 54.4 Å². The Kier molecular flexibility index (Phi) is 5.18. The number of hydrogen-bond donors (Lipinski definition) is 1. The lowest BCUT2D eigenvalue weighted by atomic mass is 9.88. The highest BCUT2D eigenvalue weighted by atomic mass is 16.5. The van der Waals surface area contributed by atoms with Crippen molar-refractivity contribution in [3.8, 4) is 0 Å². The fourth-order valence-electron chi connectivity index (χ4n) is 6.31. The van der Waals surface area contributed by atoms with Crippen molar-refractivity contribution in [2.75, 3.05) is 20.2 Å². The molecule has 1 aliphatic heterocycles. The number of benzene rings is 1. The Morgan fingerprint density at radius 3 is 2.73 bits per heavy atom. The normalized spacial score (nSPS) is 30.4. The number of carbonyl (C=O) groups excluding carboxylic acids is 2. The first kappa shape index (κ1) is 19.8. The van der Waals surface area contributed by atoms with Gasteiger partial charge in [-0.2, -0.15) is 0 Å². The Balaban J connectivity index is 1.10. The summed E-state index contributed by atoms with van der Waals surface area (Å²) in [7, 11) is 1.40. The van der Waals surface area contributed by atoms with Crippen LogP contribution >= 0.6 is 0 Å². The van der Waals surface area contributed by atoms with Crippen molar-refractivity contribution in [2.24, 2.45) is 23.2 Å². The van der Waals surface area contributed by atoms with E-state index in [0.29, 0.717) is 35.3 Å². The predicted molar refractivity (Wildman–Crippen MR) is 115 cm³/mol. The number of nitrogens with zero attached hydrogens (tertiary/aromatic N) is 1. The van der Waals surface area contributed by atoms with Crippen molar-refractivity contribution >= 4 is 11.9 Å². The lowest BCUT2D eigenvalue weighted by Gasteiger charge is -2.30. The first-order valence-electron chi connectivity index (χ1n) is 11.5. The fourth-order valence-corrected chi connectivity index (χ4v) is 6.31. The molecule has 2 bridgehead atoms. The van der Waals surface area contributed by atoms with Crippen LogP contribution in [0.25, 0.3) is 0 Å². The maximum absolute atomic E-state index is 12.6. The molecule has 1 saturated heterocycles. The van der Waals surface area contributed by atoms with Crippen LogP contribution in [0.3, 0.4) is 0 Å². The zero-order valence-corrected chi connectivity index (χ0v) is 17.8. The Labute approximate surface area is 178 Å². The number of carbonyl (C=O) groups is 2. The highest BCUT2D eigenvalue weighted by Gasteiger charge is 2.62. The molecule has 5 heteroatoms. The number of likely N-dealkylation sites (tertiary alicyclic amines) is 1. The third kappa shape index (κ3) is 3.47. The molecular formula is C25H32N2O3. The molecule has 3 aliphatic carbocycles. The van der Waals surface area contributed by atoms with E-state index in [2.05, 4.69) is 22.4 Å². The molecule has 1 aromatic rings. The SMILES string of the molecule is COC(=O)c1ccc(CNCC[C@H]2CCC(=O)N2C[C@H]2C[C@@H]3C=C[C@@H]2C32CC2)cc1. The zero-order valence-electron chi connectivity index (χ0n) is 17.8. The van der Waals surface area contributed by atoms with E-state index >= 15 is 0 Å². The quantitative estimate of drug-likeness (QED) is 0.406. The van der Waals surface area contributed by atoms with Crippen LogP contribution in [0.5, 0.6) is 0 Å². The molecule has 0 aromatic heterocycles. The van der Waals surface area contributed by atoms with Crippen LogP contribution in [0.4, 0.5) is 0 Å². The second-order valence-corrected chi connectivity index (χ2v) is 9.64. The minimum atomic E-state index is -0.306. The van der Waals surface area contributed by atoms with Crippen molar-refractivity contribution in [2.45, 2.75) is 51.1 Å². The molecule has 1 aromatic carbocycles. The van der Waals surface area contributed by atoms with Gasteiger partial charge < -0.3 is 15.0 Å². The summed E-state index contributed by atoms with van der Waals surface area (Å²) in [5, 5.41) is 3.51. The molecular weight excluding hydrogens is 376 g/mol. The van der Waals surface area contributed by atoms with Crippen molar-refractivity contribution in [3.63, 3.8) is 0 Å². The molecule has 5 nitrogen and oxygen atoms in total. The summed E-state index contributed by atoms with van der Waals surface area (Å²) in [5.41, 5.74) is 2.32. The van der Waals surface area contributed by atoms with E-state index in [1.165, 1.54) is 26.4 Å². The molecule has 4 aliphatic rings. The molecule has 0 unspecified atom stereocenters. The third-order valence-corrected chi connectivity index (χ3v) is 8.09. The number of nitrogens with one attached hydrogen (secondary N) is 1. The van der Waals surface area contributed by atoms with E-state index in [1.54, 1.807) is 12.1 Å². The number of amides is 1. The summed E-state index contributed by atoms with van der Waals surface area (Å²) in [6, 6.07) is 7.90. The van der Waals surface area contributed by atoms with Gasteiger partial charge in [0.05, 0.1) is 12.7 Å². The summed E-state index contributed by atoms with van der Waals surface area (Å²) in [6.45, 7) is 2.63. The van der Waals surface area contributed by atoms with Gasteiger partial charge in [-0.1, -0.05) is 24.3 Å². The van der Waals surface area contributed by atoms with E-state index in [-0.39, 0.29) is 5.97 Å². The standard InChI is InChI=1S/C25H32N2O3/c1-30-24(29)18-4-2-17(3-5-18)15-26-13-10-21-7-9-23(28)27(21)16-19-14-20-6-8-22(19)25(20)11-12-25/h2-6,8,19-22,26H,7,9-16H2,1H3/t19-,20+,21-,22+/m1/s1. The van der Waals surface area contributed by atoms with Gasteiger partial charge >= 0.3 is 5.97 Å². The summed E-state index contributed by atoms with van der Waals surface area (Å²) >= 11 is 0. The first-order chi connectivity index (χ1) is 14.6. The molecule has 4 atom stereocenters. The van der Waals surface area contributed by atoms with E-state index in [1.807, 2.05) is 12.1 Å². The average molecular weight is 409 g/mol. The number of esters is 1. The minimum absolute atomic E-state index is 0.306. The van der Waals surface area contributed by atoms with Gasteiger partial charge in [-0.05, 0) is 79.5 Å². The van der Waals surface area contributed by atoms with E-state index in [4.69, 9.17) is 4.74 Å². The topological polar surface area (TPSA) is 58.6 Å². The average Bonchev–Trinajstić information content (AvgIpc) is 3.32. The third-order valence-electron chi connectivity index (χ3n) is 8.09. The molecule has 30 heavy (non-hydrogen) atoms. The summed E-state index contributed by atoms with van der Waals surface area (Å²) in [4.78, 5) is 26.3. The van der Waals surface area contributed by atoms with Gasteiger partial charge in [0.25, 0.3) is 0 Å². The van der Waals surface area contributed by atoms with Crippen molar-refractivity contribution < 1.29 is 14.3 Å². The van der Waals surface area contributed by atoms with Crippen LogP contribution < -0.4 is 5.32 Å². The summed E-state index contributed by atoms with van der Waals surface area (Å²) < 4.78 is 4.74. The Bertz CT molecular complexity index is 842. The second kappa shape index (κ2) is 7.84. The van der Waals surface area contributed by atoms with Crippen molar-refractivity contribution in [1.82, 2.24) is 10.2 Å². The van der Waals surface area contributed by atoms with Crippen molar-refractivity contribution in [3.05, 3.63) is 47.5 Å². The first-order valence-corrected chi connectivity index (χ1v) is 11.5. The second-order valence-electron chi connectivity index (χ2n) is 9.64. The highest BCUT2D eigenvalue weighted by Crippen LogP contribution is 2.70. The van der Waals surface area contributed by atoms with Crippen LogP contribution in [-0.4, -0.2) is 43.0 Å². The van der Waals surface area contributed by atoms with Gasteiger partial charge in [-0.15, -0.1) is 0 Å². The zero-order chi connectivity index (χ0) is 20.7. The maximum atomic E-state index is 12.6. The highest BCUT2D eigenvalue weighted by molar-refractivity contribution is 5.89. The van der Waals surface area contributed by atoms with Gasteiger partial charge in [0, 0.05) is 25.6 Å². The molecule has 1 spiro atoms. The predicted octanol–water partition coefficient (Wildman–Crippen LogP) is 3.55. The van der Waals surface area contributed by atoms with Crippen LogP contribution in [-0.2, 0) is 16.1 Å². The smallest absolute Gasteiger partial charge is 0.337 e. The van der Waals surface area contributed by atoms with Gasteiger partial charge in [0.2, 0.25) is 5.91 Å². The monoisotopic (exact) mass is 408 g/mol.